The number of nitrogens with one attached hydrogen (secondary N) is 1. The Morgan fingerprint density at radius 2 is 1.85 bits per heavy atom. The Bertz CT molecular complexity index is 897. The van der Waals surface area contributed by atoms with Crippen molar-refractivity contribution in [3.63, 3.8) is 0 Å². The van der Waals surface area contributed by atoms with E-state index < -0.39 is 64.6 Å². The molecule has 0 aromatic carbocycles. The molecule has 2 saturated carbocycles. The Kier molecular flexibility index (Phi) is 6.48. The number of esters is 3. The van der Waals surface area contributed by atoms with Gasteiger partial charge in [-0.25, -0.2) is 0 Å². The molecule has 0 unspecified atom stereocenters. The summed E-state index contributed by atoms with van der Waals surface area (Å²) >= 11 is 0. The summed E-state index contributed by atoms with van der Waals surface area (Å²) in [5.74, 6) is -4.45. The van der Waals surface area contributed by atoms with Gasteiger partial charge in [0.1, 0.15) is 0 Å². The van der Waals surface area contributed by atoms with Gasteiger partial charge in [-0.15, -0.1) is 0 Å². The molecule has 34 heavy (non-hydrogen) atoms. The average Bonchev–Trinajstić information content (AvgIpc) is 3.27. The van der Waals surface area contributed by atoms with Crippen LogP contribution in [0.25, 0.3) is 0 Å². The number of carbonyl (C=O) groups is 5. The van der Waals surface area contributed by atoms with Crippen LogP contribution in [0.3, 0.4) is 0 Å². The lowest BCUT2D eigenvalue weighted by molar-refractivity contribution is -0.210. The molecular weight excluding hydrogens is 446 g/mol. The smallest absolute Gasteiger partial charge is 0.310 e. The van der Waals surface area contributed by atoms with Crippen molar-refractivity contribution in [2.45, 2.75) is 71.1 Å². The molecule has 4 aliphatic rings. The standard InChI is InChI=1S/C24H33NO9/c1-12(26)33-16-9-15(21(29)31-4)23(2)7-5-14-22(30)34-17(10-24(14,3)19(23)18(16)27)20(28)25-13-6-8-32-11-13/h13-17,19H,5-11H2,1-4H3,(H,25,28)/t13-,14+,15+,16+,17+,19+,23+,24+/m1/s1. The average molecular weight is 480 g/mol. The molecule has 4 fully saturated rings. The zero-order chi connectivity index (χ0) is 24.8. The highest BCUT2D eigenvalue weighted by Crippen LogP contribution is 2.64. The van der Waals surface area contributed by atoms with Gasteiger partial charge < -0.3 is 24.3 Å². The monoisotopic (exact) mass is 479 g/mol. The zero-order valence-electron chi connectivity index (χ0n) is 20.1. The van der Waals surface area contributed by atoms with Crippen LogP contribution in [-0.2, 0) is 42.9 Å². The lowest BCUT2D eigenvalue weighted by atomic mass is 9.43. The summed E-state index contributed by atoms with van der Waals surface area (Å²) in [6.45, 7) is 5.85. The van der Waals surface area contributed by atoms with Gasteiger partial charge in [-0.2, -0.15) is 0 Å². The first-order valence-corrected chi connectivity index (χ1v) is 11.9. The number of methoxy groups -OCH3 is 1. The third kappa shape index (κ3) is 3.99. The summed E-state index contributed by atoms with van der Waals surface area (Å²) in [5.41, 5.74) is -1.78. The van der Waals surface area contributed by atoms with Crippen molar-refractivity contribution >= 4 is 29.6 Å². The Morgan fingerprint density at radius 1 is 1.12 bits per heavy atom. The number of rotatable bonds is 4. The summed E-state index contributed by atoms with van der Waals surface area (Å²) < 4.78 is 21.2. The number of Topliss-reactive ketones (excluding diaryl/α,β-unsaturated/α-hetero) is 1. The summed E-state index contributed by atoms with van der Waals surface area (Å²) in [6.07, 6.45) is -0.472. The molecule has 8 atom stereocenters. The van der Waals surface area contributed by atoms with Gasteiger partial charge in [-0.3, -0.25) is 24.0 Å². The fourth-order valence-corrected chi connectivity index (χ4v) is 6.91. The maximum Gasteiger partial charge on any atom is 0.310 e. The van der Waals surface area contributed by atoms with Gasteiger partial charge in [-0.1, -0.05) is 13.8 Å². The molecule has 0 radical (unpaired) electrons. The van der Waals surface area contributed by atoms with E-state index in [0.29, 0.717) is 32.5 Å². The van der Waals surface area contributed by atoms with Gasteiger partial charge >= 0.3 is 17.9 Å². The van der Waals surface area contributed by atoms with E-state index in [1.54, 1.807) is 0 Å². The highest BCUT2D eigenvalue weighted by atomic mass is 16.6. The molecule has 0 bridgehead atoms. The van der Waals surface area contributed by atoms with E-state index in [1.807, 2.05) is 13.8 Å². The van der Waals surface area contributed by atoms with Crippen LogP contribution in [0.5, 0.6) is 0 Å². The Hall–Kier alpha value is -2.49. The summed E-state index contributed by atoms with van der Waals surface area (Å²) in [5, 5.41) is 2.88. The first kappa shape index (κ1) is 24.6. The van der Waals surface area contributed by atoms with Crippen molar-refractivity contribution in [3.05, 3.63) is 0 Å². The lowest BCUT2D eigenvalue weighted by Gasteiger charge is -2.60. The third-order valence-electron chi connectivity index (χ3n) is 8.46. The second-order valence-corrected chi connectivity index (χ2v) is 10.5. The van der Waals surface area contributed by atoms with Crippen LogP contribution in [0.2, 0.25) is 0 Å². The van der Waals surface area contributed by atoms with Gasteiger partial charge in [0.15, 0.2) is 18.0 Å². The Balaban J connectivity index is 1.69. The first-order chi connectivity index (χ1) is 16.0. The van der Waals surface area contributed by atoms with Crippen LogP contribution in [0.1, 0.15) is 52.9 Å². The van der Waals surface area contributed by atoms with E-state index in [4.69, 9.17) is 18.9 Å². The third-order valence-corrected chi connectivity index (χ3v) is 8.46. The van der Waals surface area contributed by atoms with Crippen LogP contribution in [-0.4, -0.2) is 68.2 Å². The van der Waals surface area contributed by atoms with Crippen LogP contribution in [0.15, 0.2) is 0 Å². The second-order valence-electron chi connectivity index (χ2n) is 10.5. The Labute approximate surface area is 198 Å². The molecule has 2 saturated heterocycles. The minimum absolute atomic E-state index is 0.0366. The number of cyclic esters (lactones) is 1. The number of hydrogen-bond donors (Lipinski definition) is 1. The zero-order valence-corrected chi connectivity index (χ0v) is 20.1. The largest absolute Gasteiger partial charge is 0.469 e. The maximum atomic E-state index is 13.8. The summed E-state index contributed by atoms with van der Waals surface area (Å²) in [7, 11) is 1.29. The quantitative estimate of drug-likeness (QED) is 0.462. The van der Waals surface area contributed by atoms with Crippen molar-refractivity contribution < 1.29 is 42.9 Å². The van der Waals surface area contributed by atoms with Crippen molar-refractivity contribution in [2.75, 3.05) is 20.3 Å². The van der Waals surface area contributed by atoms with Gasteiger partial charge in [-0.05, 0) is 30.1 Å². The van der Waals surface area contributed by atoms with E-state index >= 15 is 0 Å². The molecule has 10 heteroatoms. The number of fused-ring (bicyclic) bond motifs is 3. The maximum absolute atomic E-state index is 13.8. The molecule has 2 aliphatic heterocycles. The molecule has 1 amide bonds. The fourth-order valence-electron chi connectivity index (χ4n) is 6.91. The molecule has 0 aromatic rings. The Morgan fingerprint density at radius 3 is 2.47 bits per heavy atom. The van der Waals surface area contributed by atoms with Gasteiger partial charge in [0.05, 0.1) is 31.6 Å². The van der Waals surface area contributed by atoms with Gasteiger partial charge in [0.2, 0.25) is 0 Å². The number of amides is 1. The molecule has 0 aromatic heterocycles. The molecular formula is C24H33NO9. The van der Waals surface area contributed by atoms with Gasteiger partial charge in [0.25, 0.3) is 5.91 Å². The van der Waals surface area contributed by atoms with Crippen molar-refractivity contribution in [2.24, 2.45) is 28.6 Å². The summed E-state index contributed by atoms with van der Waals surface area (Å²) in [4.78, 5) is 64.4. The van der Waals surface area contributed by atoms with Crippen LogP contribution in [0, 0.1) is 28.6 Å². The topological polar surface area (TPSA) is 134 Å². The number of hydrogen-bond acceptors (Lipinski definition) is 9. The van der Waals surface area contributed by atoms with E-state index in [1.165, 1.54) is 14.0 Å². The van der Waals surface area contributed by atoms with E-state index in [0.717, 1.165) is 0 Å². The summed E-state index contributed by atoms with van der Waals surface area (Å²) in [6, 6.07) is -0.151. The molecule has 4 rings (SSSR count). The first-order valence-electron chi connectivity index (χ1n) is 11.9. The van der Waals surface area contributed by atoms with E-state index in [2.05, 4.69) is 5.32 Å². The SMILES string of the molecule is COC(=O)[C@@H]1C[C@H](OC(C)=O)C(=O)[C@H]2[C@@]1(C)CC[C@H]1C(=O)O[C@H](C(=O)N[C@@H]3CCOC3)C[C@]21C. The van der Waals surface area contributed by atoms with Crippen LogP contribution < -0.4 is 5.32 Å². The van der Waals surface area contributed by atoms with E-state index in [-0.39, 0.29) is 24.7 Å². The fraction of sp³-hybridized carbons (Fsp3) is 0.792. The van der Waals surface area contributed by atoms with Gasteiger partial charge in [0, 0.05) is 32.3 Å². The number of carbonyl (C=O) groups excluding carboxylic acids is 5. The minimum Gasteiger partial charge on any atom is -0.469 e. The predicted molar refractivity (Wildman–Crippen MR) is 115 cm³/mol. The van der Waals surface area contributed by atoms with Crippen molar-refractivity contribution in [1.82, 2.24) is 5.32 Å². The molecule has 0 spiro atoms. The molecule has 1 N–H and O–H groups in total. The normalized spacial score (nSPS) is 41.5. The van der Waals surface area contributed by atoms with E-state index in [9.17, 15) is 24.0 Å². The number of ether oxygens (including phenoxy) is 4. The lowest BCUT2D eigenvalue weighted by Crippen LogP contribution is -2.66. The minimum atomic E-state index is -1.11. The highest BCUT2D eigenvalue weighted by Gasteiger charge is 2.68. The van der Waals surface area contributed by atoms with Crippen LogP contribution in [0.4, 0.5) is 0 Å². The molecule has 10 nitrogen and oxygen atoms in total. The predicted octanol–water partition coefficient (Wildman–Crippen LogP) is 0.940. The molecule has 2 heterocycles. The molecule has 2 aliphatic carbocycles. The van der Waals surface area contributed by atoms with Crippen LogP contribution >= 0.6 is 0 Å². The highest BCUT2D eigenvalue weighted by molar-refractivity contribution is 5.94. The number of ketones is 1. The van der Waals surface area contributed by atoms with Crippen molar-refractivity contribution in [1.29, 1.82) is 0 Å². The molecule has 188 valence electrons. The van der Waals surface area contributed by atoms with Crippen molar-refractivity contribution in [3.8, 4) is 0 Å². The second kappa shape index (κ2) is 8.94.